The number of aromatic nitrogens is 2. The van der Waals surface area contributed by atoms with E-state index in [9.17, 15) is 4.55 Å². The number of anilines is 1. The van der Waals surface area contributed by atoms with Crippen molar-refractivity contribution in [1.82, 2.24) is 9.97 Å². The second kappa shape index (κ2) is 21.6. The minimum absolute atomic E-state index is 0.436. The van der Waals surface area contributed by atoms with Gasteiger partial charge in [-0.2, -0.15) is 0 Å². The second-order valence-electron chi connectivity index (χ2n) is 15.5. The number of nitrogens with one attached hydrogen (secondary N) is 1. The monoisotopic (exact) mass is 790 g/mol. The lowest BCUT2D eigenvalue weighted by Crippen LogP contribution is -2.34. The topological polar surface area (TPSA) is 95.0 Å². The summed E-state index contributed by atoms with van der Waals surface area (Å²) in [5.74, 6) is 2.78. The molecule has 0 saturated carbocycles. The summed E-state index contributed by atoms with van der Waals surface area (Å²) in [6.07, 6.45) is 15.0. The van der Waals surface area contributed by atoms with Gasteiger partial charge in [-0.15, -0.1) is 0 Å². The third kappa shape index (κ3) is 12.2. The van der Waals surface area contributed by atoms with Crippen LogP contribution in [0.4, 0.5) is 5.69 Å². The van der Waals surface area contributed by atoms with Crippen molar-refractivity contribution in [3.05, 3.63) is 95.0 Å². The number of aliphatic imine (C=N–C) groups is 1. The molecule has 3 aromatic carbocycles. The first-order chi connectivity index (χ1) is 27.8. The Hall–Kier alpha value is -4.15. The Kier molecular flexibility index (Phi) is 16.1. The van der Waals surface area contributed by atoms with Gasteiger partial charge in [0.15, 0.2) is 4.90 Å². The zero-order valence-corrected chi connectivity index (χ0v) is 35.6. The predicted octanol–water partition coefficient (Wildman–Crippen LogP) is 11.2. The van der Waals surface area contributed by atoms with E-state index in [1.54, 1.807) is 0 Å². The van der Waals surface area contributed by atoms with Crippen molar-refractivity contribution in [2.45, 2.75) is 90.9 Å². The van der Waals surface area contributed by atoms with Crippen molar-refractivity contribution in [1.29, 1.82) is 0 Å². The van der Waals surface area contributed by atoms with E-state index in [1.807, 2.05) is 50.4 Å². The maximum atomic E-state index is 13.6. The molecule has 2 aliphatic rings. The van der Waals surface area contributed by atoms with Crippen molar-refractivity contribution in [2.75, 3.05) is 56.8 Å². The number of hydrogen-bond acceptors (Lipinski definition) is 7. The first-order valence-corrected chi connectivity index (χ1v) is 22.4. The quantitative estimate of drug-likeness (QED) is 0.0613. The van der Waals surface area contributed by atoms with E-state index in [-0.39, 0.29) is 0 Å². The molecule has 0 spiro atoms. The minimum atomic E-state index is -1.21. The molecular weight excluding hydrogens is 729 g/mol. The van der Waals surface area contributed by atoms with Crippen LogP contribution in [0.1, 0.15) is 97.4 Å². The highest BCUT2D eigenvalue weighted by molar-refractivity contribution is 7.91. The third-order valence-corrected chi connectivity index (χ3v) is 12.4. The van der Waals surface area contributed by atoms with Crippen LogP contribution in [0.2, 0.25) is 0 Å². The average molecular weight is 791 g/mol. The fourth-order valence-corrected chi connectivity index (χ4v) is 8.54. The number of imidazole rings is 1. The smallest absolute Gasteiger partial charge is 0.155 e. The second-order valence-corrected chi connectivity index (χ2v) is 17.0. The van der Waals surface area contributed by atoms with Gasteiger partial charge in [-0.25, -0.2) is 4.98 Å². The Bertz CT molecular complexity index is 2030. The van der Waals surface area contributed by atoms with Crippen LogP contribution >= 0.6 is 0 Å². The van der Waals surface area contributed by atoms with Crippen LogP contribution in [-0.2, 0) is 20.6 Å². The number of rotatable bonds is 18. The first kappa shape index (κ1) is 42.5. The number of nitrogens with zero attached hydrogens (tertiary/aromatic N) is 3. The number of H-pyrrole nitrogens is 1. The number of ether oxygens (including phenoxy) is 3. The van der Waals surface area contributed by atoms with Crippen molar-refractivity contribution in [3.8, 4) is 16.9 Å². The number of benzene rings is 3. The molecule has 2 aliphatic heterocycles. The molecular formula is C48H62N4O4S. The van der Waals surface area contributed by atoms with E-state index in [0.717, 1.165) is 140 Å². The highest BCUT2D eigenvalue weighted by atomic mass is 32.2. The molecule has 57 heavy (non-hydrogen) atoms. The molecule has 0 amide bonds. The zero-order valence-electron chi connectivity index (χ0n) is 34.8. The van der Waals surface area contributed by atoms with Gasteiger partial charge in [0.25, 0.3) is 0 Å². The number of allylic oxidation sites excluding steroid dienone is 4. The van der Waals surface area contributed by atoms with E-state index in [2.05, 4.69) is 78.1 Å². The molecule has 1 aromatic heterocycles. The molecule has 8 nitrogen and oxygen atoms in total. The summed E-state index contributed by atoms with van der Waals surface area (Å²) in [6, 6.07) is 21.2. The largest absolute Gasteiger partial charge is 0.611 e. The molecule has 0 aliphatic carbocycles. The Morgan fingerprint density at radius 3 is 2.58 bits per heavy atom. The van der Waals surface area contributed by atoms with Crippen LogP contribution in [0.25, 0.3) is 33.8 Å². The summed E-state index contributed by atoms with van der Waals surface area (Å²) in [5.41, 5.74) is 10.8. The maximum Gasteiger partial charge on any atom is 0.155 e. The molecule has 1 fully saturated rings. The van der Waals surface area contributed by atoms with Gasteiger partial charge in [-0.05, 0) is 152 Å². The summed E-state index contributed by atoms with van der Waals surface area (Å²) in [6.45, 7) is 16.1. The number of hydrogen-bond donors (Lipinski definition) is 1. The van der Waals surface area contributed by atoms with Crippen LogP contribution in [-0.4, -0.2) is 72.6 Å². The van der Waals surface area contributed by atoms with E-state index in [4.69, 9.17) is 19.2 Å². The highest BCUT2D eigenvalue weighted by Gasteiger charge is 2.23. The van der Waals surface area contributed by atoms with Crippen LogP contribution < -0.4 is 9.64 Å². The van der Waals surface area contributed by atoms with Crippen molar-refractivity contribution in [2.24, 2.45) is 10.9 Å². The summed E-state index contributed by atoms with van der Waals surface area (Å²) < 4.78 is 30.9. The Balaban J connectivity index is 1.23. The van der Waals surface area contributed by atoms with Crippen molar-refractivity contribution < 1.29 is 18.8 Å². The molecule has 1 atom stereocenters. The standard InChI is InChI=1S/C48H62N4O4S/c1-6-8-11-35(3)32-49-37(5)36(4)34-57(53)44-18-19-45-46(31-44)51-48(50-45)41-12-10-23-52(33-38-21-25-55-26-22-38)47-20-15-40(29-42(47)30-41)39-13-16-43(17-14-39)56-28-27-54-24-9-7-2/h11,13-20,29-32,38H,6-10,12,21-28,33-34H2,1-5H3,(H,50,51)/b35-11-,37-36+,41-30+,49-32-/t57-/m0/s1. The molecule has 3 heterocycles. The number of fused-ring (bicyclic) bond motifs is 2. The molecule has 1 N–H and O–H groups in total. The predicted molar refractivity (Wildman–Crippen MR) is 239 cm³/mol. The van der Waals surface area contributed by atoms with Gasteiger partial charge in [-0.3, -0.25) is 4.99 Å². The Morgan fingerprint density at radius 1 is 0.982 bits per heavy atom. The van der Waals surface area contributed by atoms with Crippen LogP contribution in [0.15, 0.2) is 93.5 Å². The fraction of sp³-hybridized carbons (Fsp3) is 0.458. The average Bonchev–Trinajstić information content (AvgIpc) is 3.66. The molecule has 9 heteroatoms. The first-order valence-electron chi connectivity index (χ1n) is 21.0. The third-order valence-electron chi connectivity index (χ3n) is 10.9. The van der Waals surface area contributed by atoms with Crippen LogP contribution in [0, 0.1) is 5.92 Å². The van der Waals surface area contributed by atoms with E-state index in [1.165, 1.54) is 16.8 Å². The molecule has 4 aromatic rings. The normalized spacial score (nSPS) is 17.5. The molecule has 6 rings (SSSR count). The lowest BCUT2D eigenvalue weighted by atomic mass is 9.94. The molecule has 0 radical (unpaired) electrons. The van der Waals surface area contributed by atoms with Gasteiger partial charge in [-0.1, -0.05) is 51.0 Å². The summed E-state index contributed by atoms with van der Waals surface area (Å²) in [5, 5.41) is 0. The molecule has 0 unspecified atom stereocenters. The Morgan fingerprint density at radius 2 is 1.79 bits per heavy atom. The maximum absolute atomic E-state index is 13.6. The van der Waals surface area contributed by atoms with Crippen LogP contribution in [0.5, 0.6) is 5.75 Å². The zero-order chi connectivity index (χ0) is 40.0. The number of unbranched alkanes of at least 4 members (excludes halogenated alkanes) is 2. The van der Waals surface area contributed by atoms with Crippen molar-refractivity contribution in [3.63, 3.8) is 0 Å². The Labute approximate surface area is 343 Å². The SMILES string of the molecule is CCC\C=C(C)/C=N\C(C)=C(/C)C[S@+]([O-])c1ccc2nc(/C3=C/c4cc(-c5ccc(OCCOCCCC)cc5)ccc4N(CC4CCOCC4)CCC3)[nH]c2c1. The highest BCUT2D eigenvalue weighted by Crippen LogP contribution is 2.36. The van der Waals surface area contributed by atoms with Gasteiger partial charge in [0.2, 0.25) is 0 Å². The minimum Gasteiger partial charge on any atom is -0.611 e. The van der Waals surface area contributed by atoms with E-state index < -0.39 is 11.2 Å². The summed E-state index contributed by atoms with van der Waals surface area (Å²) in [7, 11) is 0. The molecule has 0 bridgehead atoms. The van der Waals surface area contributed by atoms with Gasteiger partial charge in [0.1, 0.15) is 23.9 Å². The van der Waals surface area contributed by atoms with Crippen molar-refractivity contribution >= 4 is 45.8 Å². The van der Waals surface area contributed by atoms with Crippen LogP contribution in [0.3, 0.4) is 0 Å². The van der Waals surface area contributed by atoms with E-state index in [0.29, 0.717) is 24.9 Å². The summed E-state index contributed by atoms with van der Waals surface area (Å²) >= 11 is -1.21. The molecule has 304 valence electrons. The fourth-order valence-electron chi connectivity index (χ4n) is 7.31. The van der Waals surface area contributed by atoms with Gasteiger partial charge < -0.3 is 28.6 Å². The van der Waals surface area contributed by atoms with E-state index >= 15 is 0 Å². The summed E-state index contributed by atoms with van der Waals surface area (Å²) in [4.78, 5) is 16.7. The lowest BCUT2D eigenvalue weighted by Gasteiger charge is -2.33. The number of aromatic amines is 1. The van der Waals surface area contributed by atoms with Gasteiger partial charge in [0, 0.05) is 56.6 Å². The van der Waals surface area contributed by atoms with Gasteiger partial charge in [0.05, 0.1) is 17.6 Å². The lowest BCUT2D eigenvalue weighted by molar-refractivity contribution is 0.0682. The van der Waals surface area contributed by atoms with Gasteiger partial charge >= 0.3 is 0 Å². The molecule has 1 saturated heterocycles.